The standard InChI is InChI=1S/C21H21FN2O/c22-17-9-7-16(8-10-17)21-19(18-5-1-2-6-20(18)23-21)13-24-11-3-4-15(12-24)14-25/h1-2,5-10,14-15,23H,3-4,11-13H2. The van der Waals surface area contributed by atoms with Gasteiger partial charge in [0.1, 0.15) is 12.1 Å². The number of aromatic nitrogens is 1. The molecule has 2 heterocycles. The fourth-order valence-electron chi connectivity index (χ4n) is 3.80. The van der Waals surface area contributed by atoms with Gasteiger partial charge in [-0.15, -0.1) is 0 Å². The number of aromatic amines is 1. The lowest BCUT2D eigenvalue weighted by molar-refractivity contribution is -0.112. The Morgan fingerprint density at radius 1 is 1.16 bits per heavy atom. The van der Waals surface area contributed by atoms with E-state index < -0.39 is 0 Å². The highest BCUT2D eigenvalue weighted by atomic mass is 19.1. The number of likely N-dealkylation sites (tertiary alicyclic amines) is 1. The van der Waals surface area contributed by atoms with Crippen molar-refractivity contribution in [3.8, 4) is 11.3 Å². The molecule has 1 fully saturated rings. The number of hydrogen-bond acceptors (Lipinski definition) is 2. The van der Waals surface area contributed by atoms with Crippen LogP contribution < -0.4 is 0 Å². The molecule has 3 nitrogen and oxygen atoms in total. The van der Waals surface area contributed by atoms with Crippen molar-refractivity contribution in [3.05, 3.63) is 59.9 Å². The summed E-state index contributed by atoms with van der Waals surface area (Å²) in [5.41, 5.74) is 4.32. The minimum Gasteiger partial charge on any atom is -0.354 e. The van der Waals surface area contributed by atoms with Gasteiger partial charge in [-0.25, -0.2) is 4.39 Å². The molecule has 0 amide bonds. The van der Waals surface area contributed by atoms with Crippen molar-refractivity contribution in [1.29, 1.82) is 0 Å². The van der Waals surface area contributed by atoms with Gasteiger partial charge in [0.2, 0.25) is 0 Å². The first-order chi connectivity index (χ1) is 12.2. The maximum Gasteiger partial charge on any atom is 0.124 e. The Bertz CT molecular complexity index is 885. The van der Waals surface area contributed by atoms with Crippen LogP contribution in [0, 0.1) is 11.7 Å². The van der Waals surface area contributed by atoms with E-state index in [9.17, 15) is 9.18 Å². The number of hydrogen-bond donors (Lipinski definition) is 1. The van der Waals surface area contributed by atoms with Crippen LogP contribution in [0.25, 0.3) is 22.2 Å². The number of para-hydroxylation sites is 1. The summed E-state index contributed by atoms with van der Waals surface area (Å²) in [6.45, 7) is 2.61. The molecular weight excluding hydrogens is 315 g/mol. The summed E-state index contributed by atoms with van der Waals surface area (Å²) < 4.78 is 13.3. The molecule has 1 unspecified atom stereocenters. The van der Waals surface area contributed by atoms with Crippen molar-refractivity contribution in [2.75, 3.05) is 13.1 Å². The summed E-state index contributed by atoms with van der Waals surface area (Å²) in [7, 11) is 0. The summed E-state index contributed by atoms with van der Waals surface area (Å²) >= 11 is 0. The van der Waals surface area contributed by atoms with Gasteiger partial charge in [-0.05, 0) is 60.8 Å². The van der Waals surface area contributed by atoms with E-state index in [-0.39, 0.29) is 11.7 Å². The molecule has 25 heavy (non-hydrogen) atoms. The lowest BCUT2D eigenvalue weighted by atomic mass is 9.98. The Labute approximate surface area is 146 Å². The predicted molar refractivity (Wildman–Crippen MR) is 97.8 cm³/mol. The number of halogens is 1. The topological polar surface area (TPSA) is 36.1 Å². The summed E-state index contributed by atoms with van der Waals surface area (Å²) in [5, 5.41) is 1.19. The molecule has 128 valence electrons. The molecule has 4 heteroatoms. The van der Waals surface area contributed by atoms with Crippen molar-refractivity contribution < 1.29 is 9.18 Å². The molecule has 0 radical (unpaired) electrons. The number of piperidine rings is 1. The number of carbonyl (C=O) groups excluding carboxylic acids is 1. The van der Waals surface area contributed by atoms with Gasteiger partial charge in [0.05, 0.1) is 5.69 Å². The van der Waals surface area contributed by atoms with Crippen LogP contribution in [-0.4, -0.2) is 29.3 Å². The van der Waals surface area contributed by atoms with E-state index in [1.54, 1.807) is 0 Å². The van der Waals surface area contributed by atoms with Crippen molar-refractivity contribution in [3.63, 3.8) is 0 Å². The third kappa shape index (κ3) is 3.22. The Morgan fingerprint density at radius 3 is 2.76 bits per heavy atom. The monoisotopic (exact) mass is 336 g/mol. The Kier molecular flexibility index (Phi) is 4.36. The second-order valence-electron chi connectivity index (χ2n) is 6.80. The SMILES string of the molecule is O=CC1CCCN(Cc2c(-c3ccc(F)cc3)[nH]c3ccccc23)C1. The number of rotatable bonds is 4. The van der Waals surface area contributed by atoms with Gasteiger partial charge in [0.25, 0.3) is 0 Å². The summed E-state index contributed by atoms with van der Waals surface area (Å²) in [6.07, 6.45) is 3.12. The van der Waals surface area contributed by atoms with E-state index in [0.29, 0.717) is 0 Å². The van der Waals surface area contributed by atoms with E-state index in [1.165, 1.54) is 23.1 Å². The smallest absolute Gasteiger partial charge is 0.124 e. The van der Waals surface area contributed by atoms with Crippen LogP contribution in [0.3, 0.4) is 0 Å². The van der Waals surface area contributed by atoms with Gasteiger partial charge >= 0.3 is 0 Å². The zero-order valence-corrected chi connectivity index (χ0v) is 14.0. The molecule has 0 spiro atoms. The van der Waals surface area contributed by atoms with Crippen LogP contribution >= 0.6 is 0 Å². The zero-order chi connectivity index (χ0) is 17.2. The second-order valence-corrected chi connectivity index (χ2v) is 6.80. The number of aldehydes is 1. The minimum atomic E-state index is -0.230. The Balaban J connectivity index is 1.74. The van der Waals surface area contributed by atoms with Crippen molar-refractivity contribution >= 4 is 17.2 Å². The van der Waals surface area contributed by atoms with E-state index >= 15 is 0 Å². The van der Waals surface area contributed by atoms with Crippen molar-refractivity contribution in [1.82, 2.24) is 9.88 Å². The van der Waals surface area contributed by atoms with Crippen LogP contribution in [0.1, 0.15) is 18.4 Å². The van der Waals surface area contributed by atoms with Gasteiger partial charge in [-0.2, -0.15) is 0 Å². The van der Waals surface area contributed by atoms with Crippen LogP contribution in [0.15, 0.2) is 48.5 Å². The molecule has 1 saturated heterocycles. The van der Waals surface area contributed by atoms with Gasteiger partial charge < -0.3 is 9.78 Å². The number of carbonyl (C=O) groups is 1. The molecule has 0 bridgehead atoms. The fraction of sp³-hybridized carbons (Fsp3) is 0.286. The molecule has 0 aliphatic carbocycles. The molecule has 1 aliphatic rings. The largest absolute Gasteiger partial charge is 0.354 e. The van der Waals surface area contributed by atoms with E-state index in [2.05, 4.69) is 22.0 Å². The summed E-state index contributed by atoms with van der Waals surface area (Å²) in [6, 6.07) is 14.9. The van der Waals surface area contributed by atoms with Crippen LogP contribution in [0.4, 0.5) is 4.39 Å². The van der Waals surface area contributed by atoms with Crippen molar-refractivity contribution in [2.45, 2.75) is 19.4 Å². The predicted octanol–water partition coefficient (Wildman–Crippen LogP) is 4.38. The number of benzene rings is 2. The molecule has 1 aliphatic heterocycles. The normalized spacial score (nSPS) is 18.5. The zero-order valence-electron chi connectivity index (χ0n) is 14.0. The maximum atomic E-state index is 13.3. The molecular formula is C21H21FN2O. The highest BCUT2D eigenvalue weighted by Crippen LogP contribution is 2.32. The van der Waals surface area contributed by atoms with Crippen LogP contribution in [0.2, 0.25) is 0 Å². The van der Waals surface area contributed by atoms with Crippen LogP contribution in [0.5, 0.6) is 0 Å². The van der Waals surface area contributed by atoms with Gasteiger partial charge in [-0.1, -0.05) is 18.2 Å². The first-order valence-electron chi connectivity index (χ1n) is 8.78. The number of nitrogens with zero attached hydrogens (tertiary/aromatic N) is 1. The lowest BCUT2D eigenvalue weighted by Gasteiger charge is -2.30. The van der Waals surface area contributed by atoms with E-state index in [4.69, 9.17) is 0 Å². The second kappa shape index (κ2) is 6.81. The average molecular weight is 336 g/mol. The molecule has 1 aromatic heterocycles. The van der Waals surface area contributed by atoms with E-state index in [1.807, 2.05) is 24.3 Å². The third-order valence-corrected chi connectivity index (χ3v) is 5.06. The average Bonchev–Trinajstić information content (AvgIpc) is 3.01. The minimum absolute atomic E-state index is 0.133. The Morgan fingerprint density at radius 2 is 1.96 bits per heavy atom. The molecule has 4 rings (SSSR count). The number of nitrogens with one attached hydrogen (secondary N) is 1. The number of fused-ring (bicyclic) bond motifs is 1. The van der Waals surface area contributed by atoms with Gasteiger partial charge in [0, 0.05) is 29.9 Å². The molecule has 1 atom stereocenters. The first-order valence-corrected chi connectivity index (χ1v) is 8.78. The lowest BCUT2D eigenvalue weighted by Crippen LogP contribution is -2.35. The number of H-pyrrole nitrogens is 1. The Hall–Kier alpha value is -2.46. The molecule has 1 N–H and O–H groups in total. The van der Waals surface area contributed by atoms with Crippen molar-refractivity contribution in [2.24, 2.45) is 5.92 Å². The first kappa shape index (κ1) is 16.0. The fourth-order valence-corrected chi connectivity index (χ4v) is 3.80. The van der Waals surface area contributed by atoms with Gasteiger partial charge in [0.15, 0.2) is 0 Å². The van der Waals surface area contributed by atoms with Gasteiger partial charge in [-0.3, -0.25) is 4.90 Å². The molecule has 2 aromatic carbocycles. The van der Waals surface area contributed by atoms with Crippen LogP contribution in [-0.2, 0) is 11.3 Å². The highest BCUT2D eigenvalue weighted by molar-refractivity contribution is 5.90. The highest BCUT2D eigenvalue weighted by Gasteiger charge is 2.22. The molecule has 0 saturated carbocycles. The summed E-state index contributed by atoms with van der Waals surface area (Å²) in [4.78, 5) is 17.0. The summed E-state index contributed by atoms with van der Waals surface area (Å²) in [5.74, 6) is -0.0977. The van der Waals surface area contributed by atoms with E-state index in [0.717, 1.165) is 55.5 Å². The molecule has 3 aromatic rings. The maximum absolute atomic E-state index is 13.3. The quantitative estimate of drug-likeness (QED) is 0.718. The third-order valence-electron chi connectivity index (χ3n) is 5.06.